The molecule has 6 heteroatoms. The summed E-state index contributed by atoms with van der Waals surface area (Å²) in [6.07, 6.45) is 2.50. The van der Waals surface area contributed by atoms with Gasteiger partial charge in [0.2, 0.25) is 5.88 Å². The van der Waals surface area contributed by atoms with Gasteiger partial charge in [-0.25, -0.2) is 4.98 Å². The van der Waals surface area contributed by atoms with Gasteiger partial charge in [-0.15, -0.1) is 0 Å². The minimum atomic E-state index is -0.0148. The van der Waals surface area contributed by atoms with E-state index in [0.717, 1.165) is 20.0 Å². The second kappa shape index (κ2) is 6.95. The zero-order valence-corrected chi connectivity index (χ0v) is 15.5. The molecular weight excluding hydrogens is 459 g/mol. The fourth-order valence-electron chi connectivity index (χ4n) is 2.40. The van der Waals surface area contributed by atoms with Crippen molar-refractivity contribution in [3.63, 3.8) is 0 Å². The quantitative estimate of drug-likeness (QED) is 0.639. The molecule has 1 fully saturated rings. The van der Waals surface area contributed by atoms with E-state index in [4.69, 9.17) is 4.74 Å². The van der Waals surface area contributed by atoms with Gasteiger partial charge in [0.15, 0.2) is 0 Å². The third kappa shape index (κ3) is 3.60. The highest BCUT2D eigenvalue weighted by molar-refractivity contribution is 14.1. The molecule has 1 amide bonds. The van der Waals surface area contributed by atoms with Crippen molar-refractivity contribution in [1.82, 2.24) is 9.88 Å². The lowest BCUT2D eigenvalue weighted by Gasteiger charge is -2.17. The van der Waals surface area contributed by atoms with E-state index in [1.54, 1.807) is 6.20 Å². The Bertz CT molecular complexity index is 678. The molecule has 1 aromatic carbocycles. The van der Waals surface area contributed by atoms with Gasteiger partial charge in [0.25, 0.3) is 5.91 Å². The van der Waals surface area contributed by atoms with Crippen molar-refractivity contribution in [3.05, 3.63) is 56.2 Å². The average Bonchev–Trinajstić information content (AvgIpc) is 2.98. The Kier molecular flexibility index (Phi) is 4.97. The number of nitrogens with zero attached hydrogens (tertiary/aromatic N) is 2. The van der Waals surface area contributed by atoms with Gasteiger partial charge in [-0.2, -0.15) is 0 Å². The summed E-state index contributed by atoms with van der Waals surface area (Å²) in [6, 6.07) is 11.4. The molecule has 1 aromatic heterocycles. The van der Waals surface area contributed by atoms with Gasteiger partial charge in [-0.1, -0.05) is 0 Å². The fourth-order valence-corrected chi connectivity index (χ4v) is 3.11. The number of rotatable bonds is 3. The summed E-state index contributed by atoms with van der Waals surface area (Å²) in [5.74, 6) is 0.638. The molecule has 2 heterocycles. The Balaban J connectivity index is 1.63. The maximum absolute atomic E-state index is 12.5. The van der Waals surface area contributed by atoms with E-state index in [0.29, 0.717) is 19.0 Å². The van der Waals surface area contributed by atoms with E-state index in [1.165, 1.54) is 0 Å². The van der Waals surface area contributed by atoms with Crippen molar-refractivity contribution in [2.75, 3.05) is 13.1 Å². The SMILES string of the molecule is O=C(c1ccc(I)cc1)N1CCC(Oc2ncccc2Br)C1. The van der Waals surface area contributed by atoms with E-state index in [9.17, 15) is 4.79 Å². The lowest BCUT2D eigenvalue weighted by atomic mass is 10.2. The van der Waals surface area contributed by atoms with Crippen LogP contribution < -0.4 is 4.74 Å². The Labute approximate surface area is 151 Å². The van der Waals surface area contributed by atoms with Crippen LogP contribution in [0.1, 0.15) is 16.8 Å². The van der Waals surface area contributed by atoms with Crippen molar-refractivity contribution in [2.24, 2.45) is 0 Å². The first-order valence-corrected chi connectivity index (χ1v) is 8.82. The molecule has 1 aliphatic heterocycles. The van der Waals surface area contributed by atoms with Crippen LogP contribution in [0.15, 0.2) is 47.1 Å². The van der Waals surface area contributed by atoms with Gasteiger partial charge >= 0.3 is 0 Å². The largest absolute Gasteiger partial charge is 0.472 e. The van der Waals surface area contributed by atoms with Crippen molar-refractivity contribution in [3.8, 4) is 5.88 Å². The predicted molar refractivity (Wildman–Crippen MR) is 96.0 cm³/mol. The maximum Gasteiger partial charge on any atom is 0.253 e. The topological polar surface area (TPSA) is 42.4 Å². The molecule has 0 spiro atoms. The molecule has 114 valence electrons. The molecule has 0 aliphatic carbocycles. The van der Waals surface area contributed by atoms with E-state index >= 15 is 0 Å². The zero-order chi connectivity index (χ0) is 15.5. The highest BCUT2D eigenvalue weighted by Crippen LogP contribution is 2.25. The molecule has 4 nitrogen and oxygen atoms in total. The first-order chi connectivity index (χ1) is 10.6. The van der Waals surface area contributed by atoms with Crippen LogP contribution in [0.25, 0.3) is 0 Å². The first-order valence-electron chi connectivity index (χ1n) is 6.95. The maximum atomic E-state index is 12.5. The molecule has 0 saturated carbocycles. The highest BCUT2D eigenvalue weighted by atomic mass is 127. The number of halogens is 2. The lowest BCUT2D eigenvalue weighted by Crippen LogP contribution is -2.31. The number of aromatic nitrogens is 1. The van der Waals surface area contributed by atoms with Crippen LogP contribution in [0.4, 0.5) is 0 Å². The number of hydrogen-bond donors (Lipinski definition) is 0. The van der Waals surface area contributed by atoms with E-state index in [2.05, 4.69) is 43.5 Å². The van der Waals surface area contributed by atoms with Gasteiger partial charge in [-0.05, 0) is 74.9 Å². The summed E-state index contributed by atoms with van der Waals surface area (Å²) in [5.41, 5.74) is 0.722. The normalized spacial score (nSPS) is 17.5. The van der Waals surface area contributed by atoms with Crippen molar-refractivity contribution in [1.29, 1.82) is 0 Å². The monoisotopic (exact) mass is 472 g/mol. The summed E-state index contributed by atoms with van der Waals surface area (Å²) in [7, 11) is 0. The number of amides is 1. The zero-order valence-electron chi connectivity index (χ0n) is 11.7. The van der Waals surface area contributed by atoms with Gasteiger partial charge < -0.3 is 9.64 Å². The summed E-state index contributed by atoms with van der Waals surface area (Å²) in [4.78, 5) is 18.5. The average molecular weight is 473 g/mol. The Morgan fingerprint density at radius 2 is 2.09 bits per heavy atom. The molecule has 1 atom stereocenters. The van der Waals surface area contributed by atoms with Gasteiger partial charge in [-0.3, -0.25) is 4.79 Å². The number of carbonyl (C=O) groups is 1. The number of ether oxygens (including phenoxy) is 1. The summed E-state index contributed by atoms with van der Waals surface area (Å²) in [5, 5.41) is 0. The molecule has 0 N–H and O–H groups in total. The Hall–Kier alpha value is -1.15. The second-order valence-corrected chi connectivity index (χ2v) is 7.18. The molecule has 0 bridgehead atoms. The standard InChI is InChI=1S/C16H14BrIN2O2/c17-14-2-1-8-19-15(14)22-13-7-9-20(10-13)16(21)11-3-5-12(18)6-4-11/h1-6,8,13H,7,9-10H2. The molecule has 3 rings (SSSR count). The molecular formula is C16H14BrIN2O2. The first kappa shape index (κ1) is 15.7. The number of likely N-dealkylation sites (tertiary alicyclic amines) is 1. The summed E-state index contributed by atoms with van der Waals surface area (Å²) < 4.78 is 7.84. The van der Waals surface area contributed by atoms with Crippen LogP contribution in [0.2, 0.25) is 0 Å². The van der Waals surface area contributed by atoms with Crippen LogP contribution in [-0.4, -0.2) is 35.0 Å². The fraction of sp³-hybridized carbons (Fsp3) is 0.250. The highest BCUT2D eigenvalue weighted by Gasteiger charge is 2.28. The molecule has 1 aliphatic rings. The summed E-state index contributed by atoms with van der Waals surface area (Å²) >= 11 is 5.65. The van der Waals surface area contributed by atoms with Crippen LogP contribution in [0.3, 0.4) is 0 Å². The van der Waals surface area contributed by atoms with Gasteiger partial charge in [0, 0.05) is 28.3 Å². The number of benzene rings is 1. The van der Waals surface area contributed by atoms with Crippen LogP contribution >= 0.6 is 38.5 Å². The van der Waals surface area contributed by atoms with Gasteiger partial charge in [0.05, 0.1) is 11.0 Å². The van der Waals surface area contributed by atoms with Crippen molar-refractivity contribution >= 4 is 44.4 Å². The molecule has 1 saturated heterocycles. The number of hydrogen-bond acceptors (Lipinski definition) is 3. The van der Waals surface area contributed by atoms with Crippen LogP contribution in [0, 0.1) is 3.57 Å². The minimum Gasteiger partial charge on any atom is -0.472 e. The smallest absolute Gasteiger partial charge is 0.253 e. The molecule has 2 aromatic rings. The second-order valence-electron chi connectivity index (χ2n) is 5.08. The lowest BCUT2D eigenvalue weighted by molar-refractivity contribution is 0.0771. The van der Waals surface area contributed by atoms with Crippen LogP contribution in [-0.2, 0) is 0 Å². The minimum absolute atomic E-state index is 0.0148. The number of pyridine rings is 1. The number of carbonyl (C=O) groups excluding carboxylic acids is 1. The summed E-state index contributed by atoms with van der Waals surface area (Å²) in [6.45, 7) is 1.30. The van der Waals surface area contributed by atoms with E-state index in [1.807, 2.05) is 41.3 Å². The van der Waals surface area contributed by atoms with Crippen molar-refractivity contribution in [2.45, 2.75) is 12.5 Å². The molecule has 1 unspecified atom stereocenters. The Morgan fingerprint density at radius 3 is 2.82 bits per heavy atom. The third-order valence-corrected chi connectivity index (χ3v) is 4.85. The van der Waals surface area contributed by atoms with Crippen molar-refractivity contribution < 1.29 is 9.53 Å². The van der Waals surface area contributed by atoms with Crippen LogP contribution in [0.5, 0.6) is 5.88 Å². The third-order valence-electron chi connectivity index (χ3n) is 3.53. The predicted octanol–water partition coefficient (Wildman–Crippen LogP) is 3.74. The van der Waals surface area contributed by atoms with Gasteiger partial charge in [0.1, 0.15) is 6.10 Å². The molecule has 0 radical (unpaired) electrons. The Morgan fingerprint density at radius 1 is 1.32 bits per heavy atom. The molecule has 22 heavy (non-hydrogen) atoms. The van der Waals surface area contributed by atoms with E-state index in [-0.39, 0.29) is 12.0 Å². The van der Waals surface area contributed by atoms with E-state index < -0.39 is 0 Å².